The minimum atomic E-state index is -1.59. The number of hydrogen-bond acceptors (Lipinski definition) is 6. The van der Waals surface area contributed by atoms with Gasteiger partial charge in [-0.15, -0.1) is 0 Å². The van der Waals surface area contributed by atoms with E-state index in [9.17, 15) is 9.59 Å². The van der Waals surface area contributed by atoms with E-state index >= 15 is 0 Å². The summed E-state index contributed by atoms with van der Waals surface area (Å²) in [7, 11) is 0. The molecule has 0 aromatic carbocycles. The third-order valence-electron chi connectivity index (χ3n) is 2.33. The lowest BCUT2D eigenvalue weighted by atomic mass is 10.2. The number of aliphatic hydroxyl groups is 1. The van der Waals surface area contributed by atoms with E-state index in [-0.39, 0.29) is 25.3 Å². The molecule has 1 aromatic heterocycles. The summed E-state index contributed by atoms with van der Waals surface area (Å²) in [5.74, 6) is -0.770. The summed E-state index contributed by atoms with van der Waals surface area (Å²) < 4.78 is 4.95. The highest BCUT2D eigenvalue weighted by Crippen LogP contribution is 2.02. The summed E-state index contributed by atoms with van der Waals surface area (Å²) in [4.78, 5) is 25.8. The Morgan fingerprint density at radius 2 is 2.16 bits per heavy atom. The van der Waals surface area contributed by atoms with Gasteiger partial charge in [-0.3, -0.25) is 4.79 Å². The van der Waals surface area contributed by atoms with Gasteiger partial charge >= 0.3 is 5.97 Å². The smallest absolute Gasteiger partial charge is 0.334 e. The lowest BCUT2D eigenvalue weighted by Crippen LogP contribution is -2.36. The lowest BCUT2D eigenvalue weighted by Gasteiger charge is -2.06. The monoisotopic (exact) mass is 271 g/mol. The Bertz CT molecular complexity index is 432. The first-order valence-electron chi connectivity index (χ1n) is 6.02. The van der Waals surface area contributed by atoms with Gasteiger partial charge in [0.05, 0.1) is 6.54 Å². The van der Waals surface area contributed by atoms with Crippen LogP contribution >= 0.6 is 0 Å². The topological polar surface area (TPSA) is 126 Å². The molecule has 0 bridgehead atoms. The summed E-state index contributed by atoms with van der Waals surface area (Å²) in [6.07, 6.45) is 0.419. The maximum atomic E-state index is 11.4. The van der Waals surface area contributed by atoms with E-state index in [1.807, 2.05) is 6.92 Å². The van der Waals surface area contributed by atoms with E-state index in [1.165, 1.54) is 0 Å². The van der Waals surface area contributed by atoms with Crippen LogP contribution < -0.4 is 5.32 Å². The number of carbonyl (C=O) groups excluding carboxylic acids is 1. The standard InChI is InChI=1S/C11H17N3O5/c1-2-3-8-13-10(19-14-8)5-4-9(16)12-6-7(15)11(17)18/h7,15H,2-6H2,1H3,(H,12,16)(H,17,18)/t7-/m0/s1. The third kappa shape index (κ3) is 5.47. The fourth-order valence-electron chi connectivity index (χ4n) is 1.32. The number of rotatable bonds is 8. The molecule has 8 heteroatoms. The molecule has 1 atom stereocenters. The molecule has 106 valence electrons. The maximum Gasteiger partial charge on any atom is 0.334 e. The van der Waals surface area contributed by atoms with Gasteiger partial charge in [-0.2, -0.15) is 4.98 Å². The molecule has 1 rings (SSSR count). The van der Waals surface area contributed by atoms with Crippen LogP contribution in [0.15, 0.2) is 4.52 Å². The van der Waals surface area contributed by atoms with Crippen molar-refractivity contribution >= 4 is 11.9 Å². The van der Waals surface area contributed by atoms with E-state index in [0.29, 0.717) is 11.7 Å². The average Bonchev–Trinajstić information content (AvgIpc) is 2.81. The number of nitrogens with one attached hydrogen (secondary N) is 1. The van der Waals surface area contributed by atoms with Gasteiger partial charge < -0.3 is 20.1 Å². The molecule has 1 amide bonds. The van der Waals surface area contributed by atoms with Crippen LogP contribution in [0.4, 0.5) is 0 Å². The molecular formula is C11H17N3O5. The van der Waals surface area contributed by atoms with Crippen molar-refractivity contribution in [1.29, 1.82) is 0 Å². The molecule has 0 saturated carbocycles. The Balaban J connectivity index is 2.27. The Hall–Kier alpha value is -1.96. The number of carboxylic acid groups (broad SMARTS) is 1. The van der Waals surface area contributed by atoms with Gasteiger partial charge in [0.2, 0.25) is 11.8 Å². The van der Waals surface area contributed by atoms with Gasteiger partial charge in [0.25, 0.3) is 0 Å². The highest BCUT2D eigenvalue weighted by Gasteiger charge is 2.14. The molecule has 3 N–H and O–H groups in total. The van der Waals surface area contributed by atoms with Gasteiger partial charge in [-0.05, 0) is 6.42 Å². The van der Waals surface area contributed by atoms with Crippen LogP contribution in [0.5, 0.6) is 0 Å². The SMILES string of the molecule is CCCc1noc(CCC(=O)NC[C@H](O)C(=O)O)n1. The van der Waals surface area contributed by atoms with Crippen LogP contribution in [0.25, 0.3) is 0 Å². The van der Waals surface area contributed by atoms with Crippen molar-refractivity contribution in [2.75, 3.05) is 6.54 Å². The zero-order valence-electron chi connectivity index (χ0n) is 10.6. The van der Waals surface area contributed by atoms with Crippen molar-refractivity contribution in [3.8, 4) is 0 Å². The third-order valence-corrected chi connectivity index (χ3v) is 2.33. The molecule has 1 aromatic rings. The molecular weight excluding hydrogens is 254 g/mol. The number of aromatic nitrogens is 2. The number of aliphatic hydroxyl groups excluding tert-OH is 1. The zero-order chi connectivity index (χ0) is 14.3. The summed E-state index contributed by atoms with van der Waals surface area (Å²) in [6, 6.07) is 0. The van der Waals surface area contributed by atoms with Crippen molar-refractivity contribution in [1.82, 2.24) is 15.5 Å². The molecule has 0 unspecified atom stereocenters. The van der Waals surface area contributed by atoms with Crippen LogP contribution in [0, 0.1) is 0 Å². The molecule has 0 aliphatic heterocycles. The van der Waals surface area contributed by atoms with Crippen LogP contribution in [-0.2, 0) is 22.4 Å². The zero-order valence-corrected chi connectivity index (χ0v) is 10.6. The van der Waals surface area contributed by atoms with Crippen molar-refractivity contribution in [3.05, 3.63) is 11.7 Å². The van der Waals surface area contributed by atoms with Crippen molar-refractivity contribution < 1.29 is 24.3 Å². The molecule has 0 aliphatic rings. The first-order valence-corrected chi connectivity index (χ1v) is 6.02. The van der Waals surface area contributed by atoms with Crippen LogP contribution in [0.3, 0.4) is 0 Å². The van der Waals surface area contributed by atoms with Crippen molar-refractivity contribution in [2.24, 2.45) is 0 Å². The van der Waals surface area contributed by atoms with Gasteiger partial charge in [0.15, 0.2) is 11.9 Å². The summed E-state index contributed by atoms with van der Waals surface area (Å²) in [5, 5.41) is 23.4. The Morgan fingerprint density at radius 3 is 2.79 bits per heavy atom. The van der Waals surface area contributed by atoms with E-state index in [2.05, 4.69) is 15.5 Å². The average molecular weight is 271 g/mol. The summed E-state index contributed by atoms with van der Waals surface area (Å²) in [5.41, 5.74) is 0. The quantitative estimate of drug-likeness (QED) is 0.582. The largest absolute Gasteiger partial charge is 0.479 e. The minimum Gasteiger partial charge on any atom is -0.479 e. The van der Waals surface area contributed by atoms with Gasteiger partial charge in [0.1, 0.15) is 0 Å². The van der Waals surface area contributed by atoms with Crippen LogP contribution in [-0.4, -0.2) is 44.9 Å². The fourth-order valence-corrected chi connectivity index (χ4v) is 1.32. The number of amides is 1. The molecule has 1 heterocycles. The molecule has 19 heavy (non-hydrogen) atoms. The predicted molar refractivity (Wildman–Crippen MR) is 63.3 cm³/mol. The number of aryl methyl sites for hydroxylation is 2. The highest BCUT2D eigenvalue weighted by atomic mass is 16.5. The first kappa shape index (κ1) is 15.1. The molecule has 0 radical (unpaired) electrons. The fraction of sp³-hybridized carbons (Fsp3) is 0.636. The lowest BCUT2D eigenvalue weighted by molar-refractivity contribution is -0.146. The predicted octanol–water partition coefficient (Wildman–Crippen LogP) is -0.484. The second-order valence-electron chi connectivity index (χ2n) is 4.01. The van der Waals surface area contributed by atoms with Crippen LogP contribution in [0.1, 0.15) is 31.5 Å². The Kier molecular flexibility index (Phi) is 5.94. The Labute approximate surface area is 109 Å². The van der Waals surface area contributed by atoms with Crippen LogP contribution in [0.2, 0.25) is 0 Å². The van der Waals surface area contributed by atoms with E-state index in [4.69, 9.17) is 14.7 Å². The molecule has 0 fully saturated rings. The molecule has 0 aliphatic carbocycles. The number of nitrogens with zero attached hydrogens (tertiary/aromatic N) is 2. The number of aliphatic carboxylic acids is 1. The van der Waals surface area contributed by atoms with E-state index in [1.54, 1.807) is 0 Å². The van der Waals surface area contributed by atoms with E-state index < -0.39 is 12.1 Å². The minimum absolute atomic E-state index is 0.0973. The second-order valence-corrected chi connectivity index (χ2v) is 4.01. The summed E-state index contributed by atoms with van der Waals surface area (Å²) in [6.45, 7) is 1.68. The van der Waals surface area contributed by atoms with Gasteiger partial charge in [0, 0.05) is 19.3 Å². The number of hydrogen-bond donors (Lipinski definition) is 3. The van der Waals surface area contributed by atoms with Gasteiger partial charge in [-0.1, -0.05) is 12.1 Å². The first-order chi connectivity index (χ1) is 9.02. The molecule has 0 saturated heterocycles. The van der Waals surface area contributed by atoms with E-state index in [0.717, 1.165) is 12.8 Å². The Morgan fingerprint density at radius 1 is 1.42 bits per heavy atom. The summed E-state index contributed by atoms with van der Waals surface area (Å²) >= 11 is 0. The van der Waals surface area contributed by atoms with Crippen molar-refractivity contribution in [2.45, 2.75) is 38.7 Å². The van der Waals surface area contributed by atoms with Gasteiger partial charge in [-0.25, -0.2) is 4.79 Å². The normalized spacial score (nSPS) is 12.1. The molecule has 0 spiro atoms. The number of carboxylic acids is 1. The molecule has 8 nitrogen and oxygen atoms in total. The van der Waals surface area contributed by atoms with Crippen molar-refractivity contribution in [3.63, 3.8) is 0 Å². The maximum absolute atomic E-state index is 11.4. The number of carbonyl (C=O) groups is 2. The second kappa shape index (κ2) is 7.47. The highest BCUT2D eigenvalue weighted by molar-refractivity contribution is 5.78.